The summed E-state index contributed by atoms with van der Waals surface area (Å²) in [6.07, 6.45) is 4.70. The van der Waals surface area contributed by atoms with Crippen LogP contribution < -0.4 is 0 Å². The predicted octanol–water partition coefficient (Wildman–Crippen LogP) is 5.64. The lowest BCUT2D eigenvalue weighted by Crippen LogP contribution is -1.85. The molecule has 1 aromatic carbocycles. The molecule has 1 aromatic rings. The zero-order valence-corrected chi connectivity index (χ0v) is 13.7. The van der Waals surface area contributed by atoms with Crippen molar-refractivity contribution >= 4 is 22.6 Å². The van der Waals surface area contributed by atoms with Crippen molar-refractivity contribution < 1.29 is 0 Å². The molecule has 96 valence electrons. The van der Waals surface area contributed by atoms with Gasteiger partial charge in [-0.25, -0.2) is 0 Å². The van der Waals surface area contributed by atoms with Crippen LogP contribution in [0.3, 0.4) is 0 Å². The van der Waals surface area contributed by atoms with Crippen LogP contribution in [0.4, 0.5) is 0 Å². The van der Waals surface area contributed by atoms with E-state index in [2.05, 4.69) is 73.4 Å². The van der Waals surface area contributed by atoms with Crippen LogP contribution in [-0.2, 0) is 0 Å². The van der Waals surface area contributed by atoms with Gasteiger partial charge in [0, 0.05) is 14.7 Å². The van der Waals surface area contributed by atoms with E-state index in [9.17, 15) is 0 Å². The Hall–Kier alpha value is -0.750. The Morgan fingerprint density at radius 2 is 1.94 bits per heavy atom. The monoisotopic (exact) mass is 352 g/mol. The molecule has 0 aromatic heterocycles. The highest BCUT2D eigenvalue weighted by atomic mass is 127. The molecule has 0 heterocycles. The minimum absolute atomic E-state index is 1.03. The summed E-state index contributed by atoms with van der Waals surface area (Å²) in [6.45, 7) is 6.53. The molecule has 1 heteroatoms. The van der Waals surface area contributed by atoms with Crippen molar-refractivity contribution in [2.45, 2.75) is 46.5 Å². The van der Waals surface area contributed by atoms with Gasteiger partial charge in [-0.1, -0.05) is 50.3 Å². The van der Waals surface area contributed by atoms with E-state index in [1.165, 1.54) is 34.0 Å². The number of rotatable bonds is 4. The molecule has 0 atom stereocenters. The molecular weight excluding hydrogens is 331 g/mol. The number of hydrogen-bond acceptors (Lipinski definition) is 0. The van der Waals surface area contributed by atoms with E-state index in [1.807, 2.05) is 6.07 Å². The van der Waals surface area contributed by atoms with Crippen LogP contribution in [-0.4, -0.2) is 0 Å². The molecule has 0 spiro atoms. The smallest absolute Gasteiger partial charge is 0.0278 e. The molecule has 0 aliphatic heterocycles. The standard InChI is InChI=1S/C17H21I/c1-4-6-11-17(18)15(5-2)12-13-16-10-8-7-9-14(16)3/h7-10H,4-6,11H2,1-3H3/b17-15-. The van der Waals surface area contributed by atoms with Gasteiger partial charge in [-0.3, -0.25) is 0 Å². The zero-order valence-electron chi connectivity index (χ0n) is 11.5. The highest BCUT2D eigenvalue weighted by molar-refractivity contribution is 14.1. The fraction of sp³-hybridized carbons (Fsp3) is 0.412. The highest BCUT2D eigenvalue weighted by Crippen LogP contribution is 2.21. The maximum absolute atomic E-state index is 3.36. The summed E-state index contributed by atoms with van der Waals surface area (Å²) < 4.78 is 1.43. The van der Waals surface area contributed by atoms with Crippen LogP contribution in [0.25, 0.3) is 0 Å². The summed E-state index contributed by atoms with van der Waals surface area (Å²) in [6, 6.07) is 8.31. The van der Waals surface area contributed by atoms with E-state index in [1.54, 1.807) is 0 Å². The Balaban J connectivity index is 2.91. The molecule has 0 radical (unpaired) electrons. The van der Waals surface area contributed by atoms with Gasteiger partial charge in [0.15, 0.2) is 0 Å². The van der Waals surface area contributed by atoms with Gasteiger partial charge in [-0.05, 0) is 60.4 Å². The van der Waals surface area contributed by atoms with E-state index in [0.29, 0.717) is 0 Å². The van der Waals surface area contributed by atoms with E-state index in [0.717, 1.165) is 12.0 Å². The van der Waals surface area contributed by atoms with Crippen molar-refractivity contribution in [3.63, 3.8) is 0 Å². The Kier molecular flexibility index (Phi) is 7.12. The lowest BCUT2D eigenvalue weighted by Gasteiger charge is -2.02. The predicted molar refractivity (Wildman–Crippen MR) is 88.9 cm³/mol. The number of aryl methyl sites for hydroxylation is 1. The second-order valence-electron chi connectivity index (χ2n) is 4.41. The van der Waals surface area contributed by atoms with Gasteiger partial charge in [-0.2, -0.15) is 0 Å². The summed E-state index contributed by atoms with van der Waals surface area (Å²) in [5.74, 6) is 6.67. The summed E-state index contributed by atoms with van der Waals surface area (Å²) in [5.41, 5.74) is 3.69. The first kappa shape index (κ1) is 15.3. The van der Waals surface area contributed by atoms with E-state index in [4.69, 9.17) is 0 Å². The first-order valence-corrected chi connectivity index (χ1v) is 7.72. The highest BCUT2D eigenvalue weighted by Gasteiger charge is 1.99. The van der Waals surface area contributed by atoms with Crippen LogP contribution in [0.15, 0.2) is 33.4 Å². The van der Waals surface area contributed by atoms with Crippen molar-refractivity contribution in [2.75, 3.05) is 0 Å². The van der Waals surface area contributed by atoms with Crippen LogP contribution in [0.1, 0.15) is 50.7 Å². The summed E-state index contributed by atoms with van der Waals surface area (Å²) >= 11 is 2.46. The molecule has 0 saturated heterocycles. The van der Waals surface area contributed by atoms with Crippen molar-refractivity contribution in [3.05, 3.63) is 44.5 Å². The van der Waals surface area contributed by atoms with Gasteiger partial charge < -0.3 is 0 Å². The fourth-order valence-corrected chi connectivity index (χ4v) is 2.58. The largest absolute Gasteiger partial charge is 0.0654 e. The maximum Gasteiger partial charge on any atom is 0.0278 e. The van der Waals surface area contributed by atoms with Crippen LogP contribution >= 0.6 is 22.6 Å². The molecule has 0 bridgehead atoms. The Labute approximate surface area is 125 Å². The Bertz CT molecular complexity index is 472. The van der Waals surface area contributed by atoms with Crippen molar-refractivity contribution in [1.29, 1.82) is 0 Å². The van der Waals surface area contributed by atoms with Gasteiger partial charge in [0.25, 0.3) is 0 Å². The third-order valence-corrected chi connectivity index (χ3v) is 4.11. The molecule has 0 amide bonds. The Morgan fingerprint density at radius 3 is 2.56 bits per heavy atom. The molecule has 0 aliphatic rings. The van der Waals surface area contributed by atoms with Gasteiger partial charge in [0.05, 0.1) is 0 Å². The molecule has 1 rings (SSSR count). The van der Waals surface area contributed by atoms with Crippen molar-refractivity contribution in [2.24, 2.45) is 0 Å². The summed E-state index contributed by atoms with van der Waals surface area (Å²) in [4.78, 5) is 0. The van der Waals surface area contributed by atoms with Gasteiger partial charge >= 0.3 is 0 Å². The topological polar surface area (TPSA) is 0 Å². The van der Waals surface area contributed by atoms with Gasteiger partial charge in [-0.15, -0.1) is 0 Å². The quantitative estimate of drug-likeness (QED) is 0.486. The molecule has 0 N–H and O–H groups in total. The maximum atomic E-state index is 3.36. The SMILES string of the molecule is CCCC/C(I)=C(/C#Cc1ccccc1C)CC. The minimum Gasteiger partial charge on any atom is -0.0654 e. The summed E-state index contributed by atoms with van der Waals surface area (Å²) in [5, 5.41) is 0. The molecule has 0 unspecified atom stereocenters. The first-order valence-electron chi connectivity index (χ1n) is 6.64. The average Bonchev–Trinajstić information content (AvgIpc) is 2.39. The number of benzene rings is 1. The molecule has 0 saturated carbocycles. The third-order valence-electron chi connectivity index (χ3n) is 2.92. The third kappa shape index (κ3) is 4.86. The normalized spacial score (nSPS) is 11.6. The zero-order chi connectivity index (χ0) is 13.4. The fourth-order valence-electron chi connectivity index (χ4n) is 1.69. The summed E-state index contributed by atoms with van der Waals surface area (Å²) in [7, 11) is 0. The van der Waals surface area contributed by atoms with Crippen molar-refractivity contribution in [1.82, 2.24) is 0 Å². The minimum atomic E-state index is 1.03. The lowest BCUT2D eigenvalue weighted by molar-refractivity contribution is 0.807. The molecule has 0 fully saturated rings. The van der Waals surface area contributed by atoms with Gasteiger partial charge in [0.2, 0.25) is 0 Å². The molecule has 0 aliphatic carbocycles. The molecule has 18 heavy (non-hydrogen) atoms. The van der Waals surface area contributed by atoms with Crippen molar-refractivity contribution in [3.8, 4) is 11.8 Å². The second kappa shape index (κ2) is 8.37. The Morgan fingerprint density at radius 1 is 1.22 bits per heavy atom. The second-order valence-corrected chi connectivity index (χ2v) is 5.71. The van der Waals surface area contributed by atoms with Gasteiger partial charge in [0.1, 0.15) is 0 Å². The lowest BCUT2D eigenvalue weighted by atomic mass is 10.1. The number of hydrogen-bond donors (Lipinski definition) is 0. The van der Waals surface area contributed by atoms with Crippen LogP contribution in [0.2, 0.25) is 0 Å². The number of allylic oxidation sites excluding steroid dienone is 2. The first-order chi connectivity index (χ1) is 8.69. The van der Waals surface area contributed by atoms with E-state index >= 15 is 0 Å². The molecule has 0 nitrogen and oxygen atoms in total. The number of unbranched alkanes of at least 4 members (excludes halogenated alkanes) is 1. The van der Waals surface area contributed by atoms with E-state index < -0.39 is 0 Å². The van der Waals surface area contributed by atoms with E-state index in [-0.39, 0.29) is 0 Å². The average molecular weight is 352 g/mol. The van der Waals surface area contributed by atoms with Crippen LogP contribution in [0.5, 0.6) is 0 Å². The molecular formula is C17H21I. The van der Waals surface area contributed by atoms with Crippen LogP contribution in [0, 0.1) is 18.8 Å². The number of halogens is 1.